The molecular formula is C16H25N3O. The van der Waals surface area contributed by atoms with Gasteiger partial charge in [-0.05, 0) is 37.6 Å². The second kappa shape index (κ2) is 6.75. The van der Waals surface area contributed by atoms with Gasteiger partial charge in [-0.25, -0.2) is 0 Å². The van der Waals surface area contributed by atoms with Crippen molar-refractivity contribution < 1.29 is 4.79 Å². The second-order valence-electron chi connectivity index (χ2n) is 5.47. The van der Waals surface area contributed by atoms with Crippen LogP contribution in [-0.2, 0) is 4.79 Å². The van der Waals surface area contributed by atoms with Crippen LogP contribution in [0.2, 0.25) is 0 Å². The van der Waals surface area contributed by atoms with E-state index < -0.39 is 0 Å². The summed E-state index contributed by atoms with van der Waals surface area (Å²) < 4.78 is 0. The van der Waals surface area contributed by atoms with Crippen molar-refractivity contribution in [3.8, 4) is 0 Å². The standard InChI is InChI=1S/C16H25N3O/c1-4-16(17-3)13-5-7-15(8-6-13)19-10-9-14(11-19)18-12(2)20/h5-8,14,16-17H,4,9-11H2,1-3H3,(H,18,20). The number of nitrogens with zero attached hydrogens (tertiary/aromatic N) is 1. The Morgan fingerprint density at radius 2 is 2.10 bits per heavy atom. The molecule has 0 radical (unpaired) electrons. The summed E-state index contributed by atoms with van der Waals surface area (Å²) in [6.45, 7) is 5.68. The fourth-order valence-corrected chi connectivity index (χ4v) is 2.92. The van der Waals surface area contributed by atoms with Gasteiger partial charge in [-0.2, -0.15) is 0 Å². The molecule has 1 amide bonds. The normalized spacial score (nSPS) is 19.9. The molecule has 1 heterocycles. The Labute approximate surface area is 121 Å². The summed E-state index contributed by atoms with van der Waals surface area (Å²) in [5, 5.41) is 6.32. The maximum absolute atomic E-state index is 11.1. The number of carbonyl (C=O) groups excluding carboxylic acids is 1. The molecule has 1 aliphatic rings. The van der Waals surface area contributed by atoms with Crippen molar-refractivity contribution in [3.05, 3.63) is 29.8 Å². The Bertz CT molecular complexity index is 440. The van der Waals surface area contributed by atoms with Gasteiger partial charge in [0.1, 0.15) is 0 Å². The number of hydrogen-bond acceptors (Lipinski definition) is 3. The molecule has 2 unspecified atom stereocenters. The first-order chi connectivity index (χ1) is 9.63. The first kappa shape index (κ1) is 14.9. The molecule has 1 aromatic rings. The van der Waals surface area contributed by atoms with E-state index in [-0.39, 0.29) is 11.9 Å². The Morgan fingerprint density at radius 1 is 1.40 bits per heavy atom. The van der Waals surface area contributed by atoms with E-state index in [1.807, 2.05) is 7.05 Å². The maximum atomic E-state index is 11.1. The third kappa shape index (κ3) is 3.51. The van der Waals surface area contributed by atoms with Gasteiger partial charge in [-0.1, -0.05) is 19.1 Å². The van der Waals surface area contributed by atoms with Crippen molar-refractivity contribution in [3.63, 3.8) is 0 Å². The molecular weight excluding hydrogens is 250 g/mol. The number of amides is 1. The lowest BCUT2D eigenvalue weighted by atomic mass is 10.0. The van der Waals surface area contributed by atoms with Gasteiger partial charge in [0.2, 0.25) is 5.91 Å². The number of carbonyl (C=O) groups is 1. The highest BCUT2D eigenvalue weighted by atomic mass is 16.1. The van der Waals surface area contributed by atoms with Crippen LogP contribution in [0.25, 0.3) is 0 Å². The molecule has 1 aromatic carbocycles. The van der Waals surface area contributed by atoms with Crippen LogP contribution in [0.5, 0.6) is 0 Å². The Balaban J connectivity index is 1.99. The molecule has 0 aromatic heterocycles. The summed E-state index contributed by atoms with van der Waals surface area (Å²) in [5.41, 5.74) is 2.57. The zero-order chi connectivity index (χ0) is 14.5. The maximum Gasteiger partial charge on any atom is 0.217 e. The molecule has 1 fully saturated rings. The fourth-order valence-electron chi connectivity index (χ4n) is 2.92. The van der Waals surface area contributed by atoms with E-state index in [2.05, 4.69) is 46.7 Å². The summed E-state index contributed by atoms with van der Waals surface area (Å²) >= 11 is 0. The van der Waals surface area contributed by atoms with Crippen molar-refractivity contribution >= 4 is 11.6 Å². The zero-order valence-corrected chi connectivity index (χ0v) is 12.6. The van der Waals surface area contributed by atoms with Gasteiger partial charge in [0, 0.05) is 37.8 Å². The van der Waals surface area contributed by atoms with Crippen molar-refractivity contribution in [1.29, 1.82) is 0 Å². The first-order valence-corrected chi connectivity index (χ1v) is 7.43. The molecule has 1 saturated heterocycles. The second-order valence-corrected chi connectivity index (χ2v) is 5.47. The zero-order valence-electron chi connectivity index (χ0n) is 12.6. The monoisotopic (exact) mass is 275 g/mol. The van der Waals surface area contributed by atoms with Gasteiger partial charge in [-0.3, -0.25) is 4.79 Å². The van der Waals surface area contributed by atoms with Crippen LogP contribution in [0, 0.1) is 0 Å². The molecule has 0 bridgehead atoms. The van der Waals surface area contributed by atoms with E-state index in [9.17, 15) is 4.79 Å². The molecule has 2 atom stereocenters. The van der Waals surface area contributed by atoms with E-state index in [1.165, 1.54) is 11.3 Å². The lowest BCUT2D eigenvalue weighted by Crippen LogP contribution is -2.35. The summed E-state index contributed by atoms with van der Waals surface area (Å²) in [6, 6.07) is 9.48. The molecule has 110 valence electrons. The van der Waals surface area contributed by atoms with Crippen LogP contribution in [0.4, 0.5) is 5.69 Å². The average molecular weight is 275 g/mol. The molecule has 1 aliphatic heterocycles. The van der Waals surface area contributed by atoms with Gasteiger partial charge in [0.15, 0.2) is 0 Å². The highest BCUT2D eigenvalue weighted by Crippen LogP contribution is 2.23. The third-order valence-corrected chi connectivity index (χ3v) is 4.01. The van der Waals surface area contributed by atoms with Crippen LogP contribution in [0.15, 0.2) is 24.3 Å². The molecule has 4 heteroatoms. The summed E-state index contributed by atoms with van der Waals surface area (Å²) in [5.74, 6) is 0.0620. The number of nitrogens with one attached hydrogen (secondary N) is 2. The average Bonchev–Trinajstić information content (AvgIpc) is 2.88. The van der Waals surface area contributed by atoms with E-state index in [4.69, 9.17) is 0 Å². The SMILES string of the molecule is CCC(NC)c1ccc(N2CCC(NC(C)=O)C2)cc1. The molecule has 2 N–H and O–H groups in total. The van der Waals surface area contributed by atoms with Gasteiger partial charge in [0.25, 0.3) is 0 Å². The number of rotatable bonds is 5. The minimum atomic E-state index is 0.0620. The van der Waals surface area contributed by atoms with E-state index in [0.717, 1.165) is 25.9 Å². The highest BCUT2D eigenvalue weighted by Gasteiger charge is 2.23. The smallest absolute Gasteiger partial charge is 0.217 e. The van der Waals surface area contributed by atoms with Crippen LogP contribution in [0.1, 0.15) is 38.3 Å². The lowest BCUT2D eigenvalue weighted by molar-refractivity contribution is -0.119. The number of benzene rings is 1. The predicted octanol–water partition coefficient (Wildman–Crippen LogP) is 2.07. The molecule has 0 aliphatic carbocycles. The molecule has 0 spiro atoms. The van der Waals surface area contributed by atoms with E-state index in [1.54, 1.807) is 6.92 Å². The Hall–Kier alpha value is -1.55. The minimum absolute atomic E-state index is 0.0620. The van der Waals surface area contributed by atoms with E-state index in [0.29, 0.717) is 6.04 Å². The van der Waals surface area contributed by atoms with Gasteiger partial charge in [0.05, 0.1) is 0 Å². The van der Waals surface area contributed by atoms with Crippen LogP contribution >= 0.6 is 0 Å². The number of hydrogen-bond donors (Lipinski definition) is 2. The minimum Gasteiger partial charge on any atom is -0.369 e. The predicted molar refractivity (Wildman–Crippen MR) is 83.0 cm³/mol. The number of anilines is 1. The molecule has 2 rings (SSSR count). The Morgan fingerprint density at radius 3 is 2.65 bits per heavy atom. The fraction of sp³-hybridized carbons (Fsp3) is 0.562. The van der Waals surface area contributed by atoms with Crippen molar-refractivity contribution in [2.75, 3.05) is 25.0 Å². The molecule has 0 saturated carbocycles. The molecule has 4 nitrogen and oxygen atoms in total. The van der Waals surface area contributed by atoms with Crippen LogP contribution < -0.4 is 15.5 Å². The quantitative estimate of drug-likeness (QED) is 0.864. The van der Waals surface area contributed by atoms with Crippen LogP contribution in [0.3, 0.4) is 0 Å². The highest BCUT2D eigenvalue weighted by molar-refractivity contribution is 5.73. The summed E-state index contributed by atoms with van der Waals surface area (Å²) in [6.07, 6.45) is 2.11. The van der Waals surface area contributed by atoms with Gasteiger partial charge in [-0.15, -0.1) is 0 Å². The van der Waals surface area contributed by atoms with Crippen molar-refractivity contribution in [2.45, 2.75) is 38.8 Å². The first-order valence-electron chi connectivity index (χ1n) is 7.43. The van der Waals surface area contributed by atoms with E-state index >= 15 is 0 Å². The van der Waals surface area contributed by atoms with Crippen LogP contribution in [-0.4, -0.2) is 32.1 Å². The molecule has 20 heavy (non-hydrogen) atoms. The summed E-state index contributed by atoms with van der Waals surface area (Å²) in [7, 11) is 2.00. The van der Waals surface area contributed by atoms with Gasteiger partial charge >= 0.3 is 0 Å². The van der Waals surface area contributed by atoms with Gasteiger partial charge < -0.3 is 15.5 Å². The topological polar surface area (TPSA) is 44.4 Å². The summed E-state index contributed by atoms with van der Waals surface area (Å²) in [4.78, 5) is 13.4. The van der Waals surface area contributed by atoms with Crippen molar-refractivity contribution in [1.82, 2.24) is 10.6 Å². The largest absolute Gasteiger partial charge is 0.369 e. The third-order valence-electron chi connectivity index (χ3n) is 4.01. The lowest BCUT2D eigenvalue weighted by Gasteiger charge is -2.20. The Kier molecular flexibility index (Phi) is 5.01. The van der Waals surface area contributed by atoms with Crippen molar-refractivity contribution in [2.24, 2.45) is 0 Å².